The maximum absolute atomic E-state index is 16.1. The van der Waals surface area contributed by atoms with E-state index in [1.165, 1.54) is 25.3 Å². The van der Waals surface area contributed by atoms with E-state index in [1.807, 2.05) is 0 Å². The monoisotopic (exact) mass is 491 g/mol. The zero-order chi connectivity index (χ0) is 25.1. The fourth-order valence-corrected chi connectivity index (χ4v) is 4.05. The maximum Gasteiger partial charge on any atom is 0.419 e. The average molecular weight is 491 g/mol. The zero-order valence-electron chi connectivity index (χ0n) is 18.9. The van der Waals surface area contributed by atoms with E-state index in [2.05, 4.69) is 20.9 Å². The van der Waals surface area contributed by atoms with Crippen molar-refractivity contribution < 1.29 is 27.1 Å². The summed E-state index contributed by atoms with van der Waals surface area (Å²) in [5.41, 5.74) is -0.987. The Kier molecular flexibility index (Phi) is 7.08. The number of hydrogen-bond acceptors (Lipinski definition) is 6. The number of pyridine rings is 1. The molecule has 0 saturated carbocycles. The lowest BCUT2D eigenvalue weighted by molar-refractivity contribution is -0.137. The number of nitrogens with zero attached hydrogens (tertiary/aromatic N) is 2. The molecule has 1 saturated heterocycles. The molecule has 2 atom stereocenters. The summed E-state index contributed by atoms with van der Waals surface area (Å²) in [5.74, 6) is -2.33. The largest absolute Gasteiger partial charge is 0.419 e. The molecular formula is C24H25F4N5O2. The van der Waals surface area contributed by atoms with Gasteiger partial charge in [-0.15, -0.1) is 0 Å². The first kappa shape index (κ1) is 24.7. The van der Waals surface area contributed by atoms with Crippen LogP contribution in [0.25, 0.3) is 0 Å². The number of carbonyl (C=O) groups excluding carboxylic acids is 1. The third-order valence-corrected chi connectivity index (χ3v) is 5.86. The van der Waals surface area contributed by atoms with E-state index in [4.69, 9.17) is 4.74 Å². The summed E-state index contributed by atoms with van der Waals surface area (Å²) in [6.07, 6.45) is 2.25. The molecule has 1 aliphatic heterocycles. The van der Waals surface area contributed by atoms with E-state index in [-0.39, 0.29) is 22.8 Å². The van der Waals surface area contributed by atoms with Crippen molar-refractivity contribution in [2.24, 2.45) is 0 Å². The number of rotatable bonds is 6. The highest BCUT2D eigenvalue weighted by atomic mass is 19.4. The number of para-hydroxylation sites is 1. The van der Waals surface area contributed by atoms with Crippen LogP contribution < -0.4 is 16.0 Å². The normalized spacial score (nSPS) is 22.6. The van der Waals surface area contributed by atoms with Crippen molar-refractivity contribution >= 4 is 23.1 Å². The van der Waals surface area contributed by atoms with Crippen molar-refractivity contribution in [2.45, 2.75) is 18.0 Å². The molecule has 35 heavy (non-hydrogen) atoms. The molecule has 2 aliphatic rings. The highest BCUT2D eigenvalue weighted by Crippen LogP contribution is 2.38. The smallest absolute Gasteiger partial charge is 0.379 e. The Balaban J connectivity index is 1.66. The summed E-state index contributed by atoms with van der Waals surface area (Å²) >= 11 is 0. The average Bonchev–Trinajstić information content (AvgIpc) is 2.85. The van der Waals surface area contributed by atoms with Crippen LogP contribution in [0.3, 0.4) is 0 Å². The minimum absolute atomic E-state index is 0.0400. The van der Waals surface area contributed by atoms with E-state index in [9.17, 15) is 18.0 Å². The molecule has 4 rings (SSSR count). The molecule has 11 heteroatoms. The van der Waals surface area contributed by atoms with Crippen LogP contribution >= 0.6 is 0 Å². The number of allylic oxidation sites excluding steroid dienone is 2. The Morgan fingerprint density at radius 1 is 1.17 bits per heavy atom. The standard InChI is InChI=1S/C24H25F4N5O2/c1-29-22(34)16-6-2-3-7-18(16)31-19-14-21(30-15-17(19)24(26,27)28)32-20-8-4-5-9-23(20,25)33-10-12-35-13-11-33/h2-9,14-15,20H,10-13H2,1H3,(H,29,34)(H2,30,31,32). The van der Waals surface area contributed by atoms with Crippen LogP contribution in [0.1, 0.15) is 15.9 Å². The molecule has 1 aliphatic carbocycles. The van der Waals surface area contributed by atoms with Gasteiger partial charge in [-0.2, -0.15) is 13.2 Å². The number of aromatic nitrogens is 1. The lowest BCUT2D eigenvalue weighted by Crippen LogP contribution is -2.58. The molecule has 1 fully saturated rings. The highest BCUT2D eigenvalue weighted by Gasteiger charge is 2.43. The van der Waals surface area contributed by atoms with Crippen molar-refractivity contribution in [1.29, 1.82) is 0 Å². The van der Waals surface area contributed by atoms with Crippen LogP contribution in [0.15, 0.2) is 60.8 Å². The molecule has 1 aromatic carbocycles. The van der Waals surface area contributed by atoms with Gasteiger partial charge in [-0.05, 0) is 18.2 Å². The Hall–Kier alpha value is -3.44. The molecule has 2 heterocycles. The number of nitrogens with one attached hydrogen (secondary N) is 3. The van der Waals surface area contributed by atoms with E-state index < -0.39 is 29.5 Å². The number of benzene rings is 1. The van der Waals surface area contributed by atoms with Gasteiger partial charge in [0.15, 0.2) is 0 Å². The van der Waals surface area contributed by atoms with Gasteiger partial charge in [0.1, 0.15) is 5.82 Å². The minimum atomic E-state index is -4.71. The van der Waals surface area contributed by atoms with Crippen LogP contribution in [-0.2, 0) is 10.9 Å². The molecule has 3 N–H and O–H groups in total. The number of alkyl halides is 4. The summed E-state index contributed by atoms with van der Waals surface area (Å²) in [6.45, 7) is 1.51. The van der Waals surface area contributed by atoms with Gasteiger partial charge >= 0.3 is 6.18 Å². The van der Waals surface area contributed by atoms with E-state index in [0.717, 1.165) is 6.07 Å². The topological polar surface area (TPSA) is 78.5 Å². The number of carbonyl (C=O) groups is 1. The van der Waals surface area contributed by atoms with Crippen LogP contribution in [-0.4, -0.2) is 61.0 Å². The molecule has 1 amide bonds. The predicted molar refractivity (Wildman–Crippen MR) is 124 cm³/mol. The van der Waals surface area contributed by atoms with E-state index in [1.54, 1.807) is 35.3 Å². The minimum Gasteiger partial charge on any atom is -0.379 e. The van der Waals surface area contributed by atoms with E-state index in [0.29, 0.717) is 32.5 Å². The molecule has 1 aromatic heterocycles. The third kappa shape index (κ3) is 5.30. The number of ether oxygens (including phenoxy) is 1. The highest BCUT2D eigenvalue weighted by molar-refractivity contribution is 6.00. The first-order valence-corrected chi connectivity index (χ1v) is 11.0. The SMILES string of the molecule is CNC(=O)c1ccccc1Nc1cc(NC2C=CC=CC2(F)N2CCOCC2)ncc1C(F)(F)F. The van der Waals surface area contributed by atoms with Crippen molar-refractivity contribution in [2.75, 3.05) is 44.0 Å². The van der Waals surface area contributed by atoms with Crippen LogP contribution in [0.5, 0.6) is 0 Å². The Bertz CT molecular complexity index is 1130. The van der Waals surface area contributed by atoms with Gasteiger partial charge in [-0.25, -0.2) is 9.37 Å². The van der Waals surface area contributed by atoms with Crippen LogP contribution in [0.4, 0.5) is 34.8 Å². The number of hydrogen-bond donors (Lipinski definition) is 3. The molecule has 0 radical (unpaired) electrons. The van der Waals surface area contributed by atoms with Gasteiger partial charge in [0.25, 0.3) is 5.91 Å². The summed E-state index contributed by atoms with van der Waals surface area (Å²) < 4.78 is 62.7. The number of anilines is 3. The molecule has 0 bridgehead atoms. The fourth-order valence-electron chi connectivity index (χ4n) is 4.05. The van der Waals surface area contributed by atoms with Crippen LogP contribution in [0.2, 0.25) is 0 Å². The second kappa shape index (κ2) is 10.0. The molecular weight excluding hydrogens is 466 g/mol. The van der Waals surface area contributed by atoms with Gasteiger partial charge in [0.05, 0.1) is 41.8 Å². The molecule has 186 valence electrons. The van der Waals surface area contributed by atoms with E-state index >= 15 is 4.39 Å². The van der Waals surface area contributed by atoms with Crippen molar-refractivity contribution in [3.8, 4) is 0 Å². The summed E-state index contributed by atoms with van der Waals surface area (Å²) in [7, 11) is 1.43. The van der Waals surface area contributed by atoms with Gasteiger partial charge in [0.2, 0.25) is 5.79 Å². The summed E-state index contributed by atoms with van der Waals surface area (Å²) in [5, 5.41) is 8.10. The second-order valence-corrected chi connectivity index (χ2v) is 8.06. The van der Waals surface area contributed by atoms with Crippen molar-refractivity contribution in [3.63, 3.8) is 0 Å². The van der Waals surface area contributed by atoms with Gasteiger partial charge in [0, 0.05) is 32.4 Å². The quantitative estimate of drug-likeness (QED) is 0.417. The van der Waals surface area contributed by atoms with Gasteiger partial charge in [-0.1, -0.05) is 30.4 Å². The zero-order valence-corrected chi connectivity index (χ0v) is 18.9. The lowest BCUT2D eigenvalue weighted by atomic mass is 9.97. The Morgan fingerprint density at radius 2 is 1.91 bits per heavy atom. The maximum atomic E-state index is 16.1. The summed E-state index contributed by atoms with van der Waals surface area (Å²) in [4.78, 5) is 17.7. The van der Waals surface area contributed by atoms with Gasteiger partial charge in [-0.3, -0.25) is 9.69 Å². The van der Waals surface area contributed by atoms with Gasteiger partial charge < -0.3 is 20.7 Å². The predicted octanol–water partition coefficient (Wildman–Crippen LogP) is 4.11. The van der Waals surface area contributed by atoms with Crippen molar-refractivity contribution in [1.82, 2.24) is 15.2 Å². The number of morpholine rings is 1. The number of amides is 1. The molecule has 7 nitrogen and oxygen atoms in total. The first-order chi connectivity index (χ1) is 16.7. The Labute approximate surface area is 199 Å². The fraction of sp³-hybridized carbons (Fsp3) is 0.333. The third-order valence-electron chi connectivity index (χ3n) is 5.86. The molecule has 2 aromatic rings. The number of halogens is 4. The Morgan fingerprint density at radius 3 is 2.63 bits per heavy atom. The van der Waals surface area contributed by atoms with Crippen molar-refractivity contribution in [3.05, 3.63) is 72.0 Å². The summed E-state index contributed by atoms with van der Waals surface area (Å²) in [6, 6.07) is 6.46. The molecule has 2 unspecified atom stereocenters. The van der Waals surface area contributed by atoms with Crippen LogP contribution in [0, 0.1) is 0 Å². The second-order valence-electron chi connectivity index (χ2n) is 8.06. The first-order valence-electron chi connectivity index (χ1n) is 11.0. The molecule has 0 spiro atoms. The lowest BCUT2D eigenvalue weighted by Gasteiger charge is -2.42.